The van der Waals surface area contributed by atoms with E-state index in [0.717, 1.165) is 38.8 Å². The molecule has 1 aliphatic rings. The molecule has 1 rings (SSSR count). The second-order valence-electron chi connectivity index (χ2n) is 4.56. The molecule has 1 atom stereocenters. The summed E-state index contributed by atoms with van der Waals surface area (Å²) in [5, 5.41) is 0.448. The van der Waals surface area contributed by atoms with Crippen molar-refractivity contribution in [2.75, 3.05) is 13.1 Å². The fourth-order valence-electron chi connectivity index (χ4n) is 1.91. The number of nitrogens with zero attached hydrogens (tertiary/aromatic N) is 1. The van der Waals surface area contributed by atoms with E-state index in [0.29, 0.717) is 17.1 Å². The van der Waals surface area contributed by atoms with E-state index >= 15 is 0 Å². The van der Waals surface area contributed by atoms with Crippen molar-refractivity contribution < 1.29 is 4.79 Å². The zero-order valence-corrected chi connectivity index (χ0v) is 10.1. The predicted octanol–water partition coefficient (Wildman–Crippen LogP) is 2.34. The van der Waals surface area contributed by atoms with Crippen molar-refractivity contribution in [3.63, 3.8) is 0 Å². The average Bonchev–Trinajstić information content (AvgIpc) is 2.46. The van der Waals surface area contributed by atoms with Crippen molar-refractivity contribution in [3.05, 3.63) is 0 Å². The van der Waals surface area contributed by atoms with Crippen molar-refractivity contribution in [1.82, 2.24) is 4.90 Å². The SMILES string of the molecule is CC(C)CC(S)CCN1CCCC1=O. The normalized spacial score (nSPS) is 19.4. The number of hydrogen-bond donors (Lipinski definition) is 1. The van der Waals surface area contributed by atoms with Crippen LogP contribution in [0, 0.1) is 5.92 Å². The monoisotopic (exact) mass is 215 g/mol. The zero-order chi connectivity index (χ0) is 10.6. The summed E-state index contributed by atoms with van der Waals surface area (Å²) >= 11 is 4.53. The predicted molar refractivity (Wildman–Crippen MR) is 62.7 cm³/mol. The number of hydrogen-bond acceptors (Lipinski definition) is 2. The van der Waals surface area contributed by atoms with Crippen LogP contribution in [0.4, 0.5) is 0 Å². The second-order valence-corrected chi connectivity index (χ2v) is 5.29. The van der Waals surface area contributed by atoms with Crippen molar-refractivity contribution in [1.29, 1.82) is 0 Å². The molecule has 1 amide bonds. The summed E-state index contributed by atoms with van der Waals surface area (Å²) in [6.07, 6.45) is 3.97. The Kier molecular flexibility index (Phi) is 4.79. The lowest BCUT2D eigenvalue weighted by Crippen LogP contribution is -2.27. The highest BCUT2D eigenvalue weighted by molar-refractivity contribution is 7.80. The van der Waals surface area contributed by atoms with Gasteiger partial charge in [-0.15, -0.1) is 0 Å². The zero-order valence-electron chi connectivity index (χ0n) is 9.20. The Morgan fingerprint density at radius 2 is 2.21 bits per heavy atom. The van der Waals surface area contributed by atoms with Gasteiger partial charge >= 0.3 is 0 Å². The Balaban J connectivity index is 2.16. The summed E-state index contributed by atoms with van der Waals surface area (Å²) in [6.45, 7) is 6.29. The lowest BCUT2D eigenvalue weighted by atomic mass is 10.1. The molecular weight excluding hydrogens is 194 g/mol. The molecule has 1 heterocycles. The van der Waals surface area contributed by atoms with Crippen LogP contribution in [0.5, 0.6) is 0 Å². The largest absolute Gasteiger partial charge is 0.343 e. The van der Waals surface area contributed by atoms with E-state index in [1.807, 2.05) is 4.90 Å². The summed E-state index contributed by atoms with van der Waals surface area (Å²) in [5.41, 5.74) is 0. The molecule has 0 bridgehead atoms. The lowest BCUT2D eigenvalue weighted by Gasteiger charge is -2.19. The molecule has 0 radical (unpaired) electrons. The summed E-state index contributed by atoms with van der Waals surface area (Å²) < 4.78 is 0. The molecule has 0 aromatic rings. The van der Waals surface area contributed by atoms with Crippen LogP contribution in [0.1, 0.15) is 39.5 Å². The van der Waals surface area contributed by atoms with Crippen LogP contribution < -0.4 is 0 Å². The lowest BCUT2D eigenvalue weighted by molar-refractivity contribution is -0.127. The highest BCUT2D eigenvalue weighted by Gasteiger charge is 2.20. The maximum absolute atomic E-state index is 11.3. The number of carbonyl (C=O) groups is 1. The molecule has 0 aromatic heterocycles. The van der Waals surface area contributed by atoms with Crippen molar-refractivity contribution in [3.8, 4) is 0 Å². The minimum Gasteiger partial charge on any atom is -0.343 e. The smallest absolute Gasteiger partial charge is 0.222 e. The first kappa shape index (κ1) is 11.9. The third kappa shape index (κ3) is 3.91. The van der Waals surface area contributed by atoms with Crippen LogP contribution in [-0.2, 0) is 4.79 Å². The van der Waals surface area contributed by atoms with Gasteiger partial charge in [0.15, 0.2) is 0 Å². The van der Waals surface area contributed by atoms with Crippen LogP contribution in [0.2, 0.25) is 0 Å². The first-order chi connectivity index (χ1) is 6.59. The number of likely N-dealkylation sites (tertiary alicyclic amines) is 1. The summed E-state index contributed by atoms with van der Waals surface area (Å²) in [5.74, 6) is 1.03. The molecule has 1 saturated heterocycles. The van der Waals surface area contributed by atoms with Crippen molar-refractivity contribution >= 4 is 18.5 Å². The number of thiol groups is 1. The molecule has 0 spiro atoms. The third-order valence-electron chi connectivity index (χ3n) is 2.65. The Morgan fingerprint density at radius 3 is 2.71 bits per heavy atom. The van der Waals surface area contributed by atoms with Gasteiger partial charge in [0, 0.05) is 24.8 Å². The van der Waals surface area contributed by atoms with Gasteiger partial charge in [0.25, 0.3) is 0 Å². The molecular formula is C11H21NOS. The van der Waals surface area contributed by atoms with E-state index in [2.05, 4.69) is 26.5 Å². The summed E-state index contributed by atoms with van der Waals surface area (Å²) in [6, 6.07) is 0. The molecule has 1 unspecified atom stereocenters. The van der Waals surface area contributed by atoms with Gasteiger partial charge in [0.2, 0.25) is 5.91 Å². The fraction of sp³-hybridized carbons (Fsp3) is 0.909. The van der Waals surface area contributed by atoms with E-state index in [-0.39, 0.29) is 0 Å². The molecule has 0 aromatic carbocycles. The first-order valence-electron chi connectivity index (χ1n) is 5.55. The van der Waals surface area contributed by atoms with Gasteiger partial charge in [-0.3, -0.25) is 4.79 Å². The fourth-order valence-corrected chi connectivity index (χ4v) is 2.44. The van der Waals surface area contributed by atoms with Gasteiger partial charge < -0.3 is 4.90 Å². The topological polar surface area (TPSA) is 20.3 Å². The minimum atomic E-state index is 0.329. The molecule has 3 heteroatoms. The van der Waals surface area contributed by atoms with E-state index in [1.165, 1.54) is 0 Å². The minimum absolute atomic E-state index is 0.329. The second kappa shape index (κ2) is 5.64. The molecule has 0 N–H and O–H groups in total. The van der Waals surface area contributed by atoms with Crippen LogP contribution in [-0.4, -0.2) is 29.1 Å². The maximum Gasteiger partial charge on any atom is 0.222 e. The number of amides is 1. The highest BCUT2D eigenvalue weighted by Crippen LogP contribution is 2.16. The standard InChI is InChI=1S/C11H21NOS/c1-9(2)8-10(14)5-7-12-6-3-4-11(12)13/h9-10,14H,3-8H2,1-2H3. The molecule has 1 aliphatic heterocycles. The van der Waals surface area contributed by atoms with E-state index in [4.69, 9.17) is 0 Å². The van der Waals surface area contributed by atoms with E-state index in [9.17, 15) is 4.79 Å². The third-order valence-corrected chi connectivity index (χ3v) is 3.12. The van der Waals surface area contributed by atoms with E-state index in [1.54, 1.807) is 0 Å². The molecule has 0 saturated carbocycles. The van der Waals surface area contributed by atoms with Gasteiger partial charge in [-0.25, -0.2) is 0 Å². The summed E-state index contributed by atoms with van der Waals surface area (Å²) in [4.78, 5) is 13.3. The van der Waals surface area contributed by atoms with Gasteiger partial charge in [0.05, 0.1) is 0 Å². The van der Waals surface area contributed by atoms with Gasteiger partial charge in [-0.2, -0.15) is 12.6 Å². The first-order valence-corrected chi connectivity index (χ1v) is 6.07. The van der Waals surface area contributed by atoms with Gasteiger partial charge in [0.1, 0.15) is 0 Å². The van der Waals surface area contributed by atoms with Crippen LogP contribution in [0.25, 0.3) is 0 Å². The van der Waals surface area contributed by atoms with Crippen LogP contribution in [0.3, 0.4) is 0 Å². The molecule has 1 fully saturated rings. The van der Waals surface area contributed by atoms with Crippen LogP contribution >= 0.6 is 12.6 Å². The molecule has 14 heavy (non-hydrogen) atoms. The Morgan fingerprint density at radius 1 is 1.50 bits per heavy atom. The molecule has 0 aliphatic carbocycles. The highest BCUT2D eigenvalue weighted by atomic mass is 32.1. The average molecular weight is 215 g/mol. The molecule has 2 nitrogen and oxygen atoms in total. The summed E-state index contributed by atoms with van der Waals surface area (Å²) in [7, 11) is 0. The van der Waals surface area contributed by atoms with E-state index < -0.39 is 0 Å². The van der Waals surface area contributed by atoms with Crippen molar-refractivity contribution in [2.45, 2.75) is 44.8 Å². The number of rotatable bonds is 5. The number of carbonyl (C=O) groups excluding carboxylic acids is 1. The quantitative estimate of drug-likeness (QED) is 0.698. The van der Waals surface area contributed by atoms with Gasteiger partial charge in [-0.05, 0) is 25.2 Å². The Bertz CT molecular complexity index is 194. The molecule has 82 valence electrons. The van der Waals surface area contributed by atoms with Crippen molar-refractivity contribution in [2.24, 2.45) is 5.92 Å². The Labute approximate surface area is 92.5 Å². The van der Waals surface area contributed by atoms with Gasteiger partial charge in [-0.1, -0.05) is 13.8 Å². The maximum atomic E-state index is 11.3. The van der Waals surface area contributed by atoms with Crippen LogP contribution in [0.15, 0.2) is 0 Å². The Hall–Kier alpha value is -0.180.